The second-order valence-corrected chi connectivity index (χ2v) is 10.4. The number of thioether (sulfide) groups is 1. The van der Waals surface area contributed by atoms with Crippen LogP contribution in [0.5, 0.6) is 0 Å². The quantitative estimate of drug-likeness (QED) is 0.399. The first-order valence-electron chi connectivity index (χ1n) is 9.87. The van der Waals surface area contributed by atoms with Gasteiger partial charge in [0.05, 0.1) is 33.9 Å². The number of amides is 1. The molecule has 4 rings (SSSR count). The van der Waals surface area contributed by atoms with Crippen molar-refractivity contribution in [1.29, 1.82) is 0 Å². The zero-order valence-electron chi connectivity index (χ0n) is 17.7. The number of hydrogen-bond acceptors (Lipinski definition) is 6. The Bertz CT molecular complexity index is 1410. The van der Waals surface area contributed by atoms with Gasteiger partial charge in [-0.2, -0.15) is 0 Å². The zero-order valence-corrected chi connectivity index (χ0v) is 19.3. The molecular weight excluding hydrogens is 484 g/mol. The highest BCUT2D eigenvalue weighted by atomic mass is 32.2. The molecule has 10 heteroatoms. The Labute approximate surface area is 198 Å². The van der Waals surface area contributed by atoms with Crippen molar-refractivity contribution in [3.63, 3.8) is 0 Å². The van der Waals surface area contributed by atoms with Gasteiger partial charge in [-0.3, -0.25) is 4.79 Å². The third kappa shape index (κ3) is 4.87. The smallest absolute Gasteiger partial charge is 0.337 e. The summed E-state index contributed by atoms with van der Waals surface area (Å²) in [7, 11) is -2.79. The Morgan fingerprint density at radius 1 is 1.06 bits per heavy atom. The Balaban J connectivity index is 1.62. The van der Waals surface area contributed by atoms with Gasteiger partial charge < -0.3 is 10.1 Å². The van der Waals surface area contributed by atoms with Crippen LogP contribution in [0.4, 0.5) is 14.5 Å². The summed E-state index contributed by atoms with van der Waals surface area (Å²) in [5.41, 5.74) is 0.894. The first-order chi connectivity index (χ1) is 16.2. The van der Waals surface area contributed by atoms with Crippen molar-refractivity contribution in [3.05, 3.63) is 93.9 Å². The average molecular weight is 502 g/mol. The molecule has 174 valence electrons. The molecule has 0 saturated heterocycles. The standard InChI is InChI=1S/C24H17F2NO5S2/c1-32-24(29)15-7-5-14(6-8-15)11-22-23(28)27-20-10-9-16(12-21(20)33-22)34(30,31)13-17-18(25)3-2-4-19(17)26/h2-12H,13H2,1H3,(H,27,28). The number of hydrogen-bond donors (Lipinski definition) is 1. The molecule has 0 spiro atoms. The maximum atomic E-state index is 14.0. The van der Waals surface area contributed by atoms with E-state index in [1.807, 2.05) is 0 Å². The first-order valence-corrected chi connectivity index (χ1v) is 12.3. The molecule has 0 radical (unpaired) electrons. The molecule has 1 amide bonds. The number of anilines is 1. The van der Waals surface area contributed by atoms with Crippen LogP contribution in [0.1, 0.15) is 21.5 Å². The van der Waals surface area contributed by atoms with Crippen LogP contribution in [0.15, 0.2) is 75.4 Å². The van der Waals surface area contributed by atoms with Crippen LogP contribution in [0, 0.1) is 11.6 Å². The number of esters is 1. The molecule has 1 aliphatic heterocycles. The molecule has 3 aromatic rings. The molecule has 0 aliphatic carbocycles. The van der Waals surface area contributed by atoms with Crippen LogP contribution >= 0.6 is 11.8 Å². The molecule has 0 unspecified atom stereocenters. The summed E-state index contributed by atoms with van der Waals surface area (Å²) in [6.07, 6.45) is 1.60. The van der Waals surface area contributed by atoms with Crippen molar-refractivity contribution < 1.29 is 31.5 Å². The van der Waals surface area contributed by atoms with E-state index in [1.54, 1.807) is 30.3 Å². The second-order valence-electron chi connectivity index (χ2n) is 7.30. The normalized spacial score (nSPS) is 14.4. The van der Waals surface area contributed by atoms with Gasteiger partial charge in [0.15, 0.2) is 9.84 Å². The van der Waals surface area contributed by atoms with Gasteiger partial charge in [0.1, 0.15) is 11.6 Å². The van der Waals surface area contributed by atoms with Crippen LogP contribution in [0.3, 0.4) is 0 Å². The topological polar surface area (TPSA) is 89.5 Å². The third-order valence-corrected chi connectivity index (χ3v) is 7.75. The molecule has 34 heavy (non-hydrogen) atoms. The van der Waals surface area contributed by atoms with E-state index in [4.69, 9.17) is 0 Å². The summed E-state index contributed by atoms with van der Waals surface area (Å²) in [6, 6.07) is 13.7. The fourth-order valence-corrected chi connectivity index (χ4v) is 5.72. The predicted octanol–water partition coefficient (Wildman–Crippen LogP) is 4.81. The molecular formula is C24H17F2NO5S2. The summed E-state index contributed by atoms with van der Waals surface area (Å²) in [5.74, 6) is -3.57. The van der Waals surface area contributed by atoms with Crippen molar-refractivity contribution >= 4 is 45.2 Å². The van der Waals surface area contributed by atoms with Crippen LogP contribution in [0.25, 0.3) is 6.08 Å². The molecule has 0 aromatic heterocycles. The van der Waals surface area contributed by atoms with E-state index in [-0.39, 0.29) is 10.8 Å². The van der Waals surface area contributed by atoms with Gasteiger partial charge in [-0.1, -0.05) is 30.0 Å². The maximum absolute atomic E-state index is 14.0. The monoisotopic (exact) mass is 501 g/mol. The molecule has 0 fully saturated rings. The van der Waals surface area contributed by atoms with Gasteiger partial charge >= 0.3 is 5.97 Å². The highest BCUT2D eigenvalue weighted by Gasteiger charge is 2.25. The van der Waals surface area contributed by atoms with E-state index in [0.29, 0.717) is 26.6 Å². The minimum Gasteiger partial charge on any atom is -0.465 e. The Hall–Kier alpha value is -3.50. The number of carbonyl (C=O) groups is 2. The fraction of sp³-hybridized carbons (Fsp3) is 0.0833. The zero-order chi connectivity index (χ0) is 24.5. The number of benzene rings is 3. The number of methoxy groups -OCH3 is 1. The highest BCUT2D eigenvalue weighted by molar-refractivity contribution is 8.04. The van der Waals surface area contributed by atoms with E-state index in [1.165, 1.54) is 25.3 Å². The Morgan fingerprint density at radius 3 is 2.38 bits per heavy atom. The van der Waals surface area contributed by atoms with Crippen LogP contribution < -0.4 is 5.32 Å². The lowest BCUT2D eigenvalue weighted by molar-refractivity contribution is -0.112. The molecule has 3 aromatic carbocycles. The fourth-order valence-electron chi connectivity index (χ4n) is 3.26. The SMILES string of the molecule is COC(=O)c1ccc(C=C2Sc3cc(S(=O)(=O)Cc4c(F)cccc4F)ccc3NC2=O)cc1. The molecule has 1 heterocycles. The lowest BCUT2D eigenvalue weighted by Crippen LogP contribution is -2.18. The first kappa shape index (κ1) is 23.7. The summed E-state index contributed by atoms with van der Waals surface area (Å²) in [6.45, 7) is 0. The molecule has 0 bridgehead atoms. The van der Waals surface area contributed by atoms with E-state index in [2.05, 4.69) is 10.1 Å². The number of rotatable bonds is 5. The second kappa shape index (κ2) is 9.40. The van der Waals surface area contributed by atoms with Crippen molar-refractivity contribution in [2.75, 3.05) is 12.4 Å². The number of ether oxygens (including phenoxy) is 1. The van der Waals surface area contributed by atoms with Gasteiger partial charge in [0.2, 0.25) is 0 Å². The summed E-state index contributed by atoms with van der Waals surface area (Å²) in [4.78, 5) is 24.7. The van der Waals surface area contributed by atoms with Gasteiger partial charge in [-0.05, 0) is 54.1 Å². The Morgan fingerprint density at radius 2 is 1.74 bits per heavy atom. The van der Waals surface area contributed by atoms with E-state index in [0.717, 1.165) is 30.0 Å². The third-order valence-electron chi connectivity index (χ3n) is 5.03. The van der Waals surface area contributed by atoms with E-state index < -0.39 is 38.8 Å². The largest absolute Gasteiger partial charge is 0.465 e. The summed E-state index contributed by atoms with van der Waals surface area (Å²) >= 11 is 1.06. The number of halogens is 2. The summed E-state index contributed by atoms with van der Waals surface area (Å²) < 4.78 is 58.3. The van der Waals surface area contributed by atoms with Gasteiger partial charge in [0.25, 0.3) is 5.91 Å². The predicted molar refractivity (Wildman–Crippen MR) is 124 cm³/mol. The van der Waals surface area contributed by atoms with Gasteiger partial charge in [-0.15, -0.1) is 0 Å². The minimum absolute atomic E-state index is 0.126. The number of nitrogens with one attached hydrogen (secondary N) is 1. The number of fused-ring (bicyclic) bond motifs is 1. The summed E-state index contributed by atoms with van der Waals surface area (Å²) in [5, 5.41) is 2.70. The lowest BCUT2D eigenvalue weighted by atomic mass is 10.1. The van der Waals surface area contributed by atoms with E-state index >= 15 is 0 Å². The Kier molecular flexibility index (Phi) is 6.54. The van der Waals surface area contributed by atoms with Crippen molar-refractivity contribution in [1.82, 2.24) is 0 Å². The number of carbonyl (C=O) groups excluding carboxylic acids is 2. The molecule has 6 nitrogen and oxygen atoms in total. The van der Waals surface area contributed by atoms with Crippen molar-refractivity contribution in [2.45, 2.75) is 15.5 Å². The molecule has 1 aliphatic rings. The van der Waals surface area contributed by atoms with Gasteiger partial charge in [0, 0.05) is 10.5 Å². The van der Waals surface area contributed by atoms with Crippen molar-refractivity contribution in [2.24, 2.45) is 0 Å². The van der Waals surface area contributed by atoms with Crippen LogP contribution in [0.2, 0.25) is 0 Å². The van der Waals surface area contributed by atoms with Crippen LogP contribution in [-0.4, -0.2) is 27.4 Å². The maximum Gasteiger partial charge on any atom is 0.337 e. The van der Waals surface area contributed by atoms with Gasteiger partial charge in [-0.25, -0.2) is 22.0 Å². The molecule has 1 N–H and O–H groups in total. The number of sulfone groups is 1. The van der Waals surface area contributed by atoms with Crippen LogP contribution in [-0.2, 0) is 25.1 Å². The molecule has 0 atom stereocenters. The molecule has 0 saturated carbocycles. The van der Waals surface area contributed by atoms with Crippen molar-refractivity contribution in [3.8, 4) is 0 Å². The highest BCUT2D eigenvalue weighted by Crippen LogP contribution is 2.40. The lowest BCUT2D eigenvalue weighted by Gasteiger charge is -2.19. The average Bonchev–Trinajstić information content (AvgIpc) is 2.81. The van der Waals surface area contributed by atoms with E-state index in [9.17, 15) is 26.8 Å². The minimum atomic E-state index is -4.07.